The number of imidazole rings is 1. The van der Waals surface area contributed by atoms with Gasteiger partial charge in [-0.05, 0) is 26.0 Å². The monoisotopic (exact) mass is 344 g/mol. The Morgan fingerprint density at radius 3 is 2.57 bits per heavy atom. The molecule has 5 nitrogen and oxygen atoms in total. The lowest BCUT2D eigenvalue weighted by Crippen LogP contribution is -2.06. The number of hydrogen-bond donors (Lipinski definition) is 0. The molecule has 1 aromatic carbocycles. The highest BCUT2D eigenvalue weighted by atomic mass is 35.5. The van der Waals surface area contributed by atoms with Gasteiger partial charge >= 0.3 is 0 Å². The van der Waals surface area contributed by atoms with E-state index in [2.05, 4.69) is 15.1 Å². The van der Waals surface area contributed by atoms with E-state index in [0.29, 0.717) is 34.1 Å². The second kappa shape index (κ2) is 5.48. The maximum atomic E-state index is 6.21. The number of hydrogen-bond acceptors (Lipinski definition) is 4. The van der Waals surface area contributed by atoms with Crippen molar-refractivity contribution in [1.82, 2.24) is 19.7 Å². The summed E-state index contributed by atoms with van der Waals surface area (Å²) in [6.45, 7) is 3.99. The van der Waals surface area contributed by atoms with Crippen LogP contribution in [-0.2, 0) is 6.54 Å². The number of benzene rings is 1. The molecular weight excluding hydrogens is 335 g/mol. The minimum Gasteiger partial charge on any atom is -0.337 e. The van der Waals surface area contributed by atoms with E-state index in [1.54, 1.807) is 19.1 Å². The molecule has 2 heterocycles. The van der Waals surface area contributed by atoms with Crippen molar-refractivity contribution < 1.29 is 4.52 Å². The Kier molecular flexibility index (Phi) is 3.82. The van der Waals surface area contributed by atoms with E-state index in [9.17, 15) is 0 Å². The van der Waals surface area contributed by atoms with Gasteiger partial charge < -0.3 is 9.09 Å². The molecule has 0 aliphatic carbocycles. The molecule has 2 aromatic heterocycles. The highest BCUT2D eigenvalue weighted by Gasteiger charge is 2.18. The van der Waals surface area contributed by atoms with Gasteiger partial charge in [-0.25, -0.2) is 4.98 Å². The summed E-state index contributed by atoms with van der Waals surface area (Å²) in [5.74, 6) is 1.76. The number of fused-ring (bicyclic) bond motifs is 1. The van der Waals surface area contributed by atoms with Gasteiger partial charge in [0.15, 0.2) is 5.82 Å². The van der Waals surface area contributed by atoms with Crippen molar-refractivity contribution in [1.29, 1.82) is 0 Å². The van der Waals surface area contributed by atoms with Crippen LogP contribution in [0.1, 0.15) is 29.8 Å². The standard InChI is InChI=1S/C13H11Cl3N4O/c1-6(14)13-18-10-3-8(15)9(16)4-11(10)20(13)5-12-17-7(2)19-21-12/h3-4,6H,5H2,1-2H3. The molecule has 0 saturated heterocycles. The van der Waals surface area contributed by atoms with Crippen LogP contribution in [0.25, 0.3) is 11.0 Å². The minimum absolute atomic E-state index is 0.279. The molecule has 8 heteroatoms. The second-order valence-corrected chi connectivity index (χ2v) is 6.13. The molecule has 0 N–H and O–H groups in total. The average molecular weight is 346 g/mol. The fourth-order valence-electron chi connectivity index (χ4n) is 2.15. The van der Waals surface area contributed by atoms with Crippen LogP contribution in [0.4, 0.5) is 0 Å². The smallest absolute Gasteiger partial charge is 0.246 e. The lowest BCUT2D eigenvalue weighted by molar-refractivity contribution is 0.367. The normalized spacial score (nSPS) is 13.0. The maximum absolute atomic E-state index is 6.21. The predicted octanol–water partition coefficient (Wildman–Crippen LogP) is 4.38. The SMILES string of the molecule is Cc1noc(Cn2c(C(C)Cl)nc3cc(Cl)c(Cl)cc32)n1. The predicted molar refractivity (Wildman–Crippen MR) is 82.2 cm³/mol. The lowest BCUT2D eigenvalue weighted by Gasteiger charge is -2.08. The quantitative estimate of drug-likeness (QED) is 0.661. The summed E-state index contributed by atoms with van der Waals surface area (Å²) in [5, 5.41) is 4.42. The molecular formula is C13H11Cl3N4O. The number of rotatable bonds is 3. The summed E-state index contributed by atoms with van der Waals surface area (Å²) in [6.07, 6.45) is 0. The molecule has 3 rings (SSSR count). The topological polar surface area (TPSA) is 56.7 Å². The largest absolute Gasteiger partial charge is 0.337 e. The molecule has 0 aliphatic heterocycles. The van der Waals surface area contributed by atoms with E-state index in [0.717, 1.165) is 11.0 Å². The van der Waals surface area contributed by atoms with Gasteiger partial charge in [0.25, 0.3) is 0 Å². The maximum Gasteiger partial charge on any atom is 0.246 e. The molecule has 0 spiro atoms. The van der Waals surface area contributed by atoms with Crippen molar-refractivity contribution in [3.8, 4) is 0 Å². The van der Waals surface area contributed by atoms with E-state index in [-0.39, 0.29) is 5.38 Å². The van der Waals surface area contributed by atoms with Crippen LogP contribution in [0.3, 0.4) is 0 Å². The summed E-state index contributed by atoms with van der Waals surface area (Å²) in [4.78, 5) is 8.72. The second-order valence-electron chi connectivity index (χ2n) is 4.66. The molecule has 1 atom stereocenters. The molecule has 110 valence electrons. The van der Waals surface area contributed by atoms with Crippen molar-refractivity contribution >= 4 is 45.8 Å². The fourth-order valence-corrected chi connectivity index (χ4v) is 2.63. The molecule has 1 unspecified atom stereocenters. The van der Waals surface area contributed by atoms with Gasteiger partial charge in [0, 0.05) is 0 Å². The molecule has 0 amide bonds. The van der Waals surface area contributed by atoms with Crippen LogP contribution in [0.15, 0.2) is 16.7 Å². The van der Waals surface area contributed by atoms with Crippen molar-refractivity contribution in [3.05, 3.63) is 39.7 Å². The van der Waals surface area contributed by atoms with Crippen LogP contribution in [0.2, 0.25) is 10.0 Å². The zero-order chi connectivity index (χ0) is 15.1. The first-order valence-corrected chi connectivity index (χ1v) is 7.43. The Morgan fingerprint density at radius 2 is 1.95 bits per heavy atom. The van der Waals surface area contributed by atoms with Crippen LogP contribution < -0.4 is 0 Å². The molecule has 21 heavy (non-hydrogen) atoms. The van der Waals surface area contributed by atoms with Crippen LogP contribution >= 0.6 is 34.8 Å². The van der Waals surface area contributed by atoms with Gasteiger partial charge in [-0.1, -0.05) is 28.4 Å². The van der Waals surface area contributed by atoms with Gasteiger partial charge in [0.2, 0.25) is 5.89 Å². The zero-order valence-corrected chi connectivity index (χ0v) is 13.5. The summed E-state index contributed by atoms with van der Waals surface area (Å²) in [7, 11) is 0. The summed E-state index contributed by atoms with van der Waals surface area (Å²) >= 11 is 18.4. The Labute approximate surface area is 135 Å². The van der Waals surface area contributed by atoms with Crippen LogP contribution in [0, 0.1) is 6.92 Å². The van der Waals surface area contributed by atoms with Crippen LogP contribution in [-0.4, -0.2) is 19.7 Å². The van der Waals surface area contributed by atoms with Crippen molar-refractivity contribution in [2.45, 2.75) is 25.8 Å². The molecule has 0 saturated carbocycles. The van der Waals surface area contributed by atoms with E-state index in [4.69, 9.17) is 39.3 Å². The van der Waals surface area contributed by atoms with E-state index in [1.807, 2.05) is 11.5 Å². The Balaban J connectivity index is 2.17. The van der Waals surface area contributed by atoms with Gasteiger partial charge in [0.05, 0.1) is 26.5 Å². The number of nitrogens with zero attached hydrogens (tertiary/aromatic N) is 4. The Bertz CT molecular complexity index is 809. The molecule has 3 aromatic rings. The van der Waals surface area contributed by atoms with Gasteiger partial charge in [0.1, 0.15) is 12.4 Å². The number of alkyl halides is 1. The van der Waals surface area contributed by atoms with Gasteiger partial charge in [-0.15, -0.1) is 11.6 Å². The Hall–Kier alpha value is -1.30. The third-order valence-electron chi connectivity index (χ3n) is 3.04. The summed E-state index contributed by atoms with van der Waals surface area (Å²) < 4.78 is 7.07. The van der Waals surface area contributed by atoms with E-state index in [1.165, 1.54) is 0 Å². The third-order valence-corrected chi connectivity index (χ3v) is 3.96. The van der Waals surface area contributed by atoms with Crippen molar-refractivity contribution in [2.24, 2.45) is 0 Å². The first kappa shape index (κ1) is 14.6. The van der Waals surface area contributed by atoms with E-state index >= 15 is 0 Å². The molecule has 0 fully saturated rings. The van der Waals surface area contributed by atoms with Crippen molar-refractivity contribution in [2.75, 3.05) is 0 Å². The number of aryl methyl sites for hydroxylation is 1. The number of aromatic nitrogens is 4. The highest BCUT2D eigenvalue weighted by Crippen LogP contribution is 2.31. The zero-order valence-electron chi connectivity index (χ0n) is 11.3. The molecule has 0 bridgehead atoms. The average Bonchev–Trinajstić information content (AvgIpc) is 2.96. The fraction of sp³-hybridized carbons (Fsp3) is 0.308. The van der Waals surface area contributed by atoms with Crippen LogP contribution in [0.5, 0.6) is 0 Å². The Morgan fingerprint density at radius 1 is 1.24 bits per heavy atom. The van der Waals surface area contributed by atoms with Gasteiger partial charge in [-0.2, -0.15) is 4.98 Å². The van der Waals surface area contributed by atoms with Crippen molar-refractivity contribution in [3.63, 3.8) is 0 Å². The minimum atomic E-state index is -0.279. The van der Waals surface area contributed by atoms with Gasteiger partial charge in [-0.3, -0.25) is 0 Å². The highest BCUT2D eigenvalue weighted by molar-refractivity contribution is 6.42. The lowest BCUT2D eigenvalue weighted by atomic mass is 10.3. The molecule has 0 radical (unpaired) electrons. The first-order chi connectivity index (χ1) is 9.95. The van der Waals surface area contributed by atoms with E-state index < -0.39 is 0 Å². The summed E-state index contributed by atoms with van der Waals surface area (Å²) in [6, 6.07) is 3.48. The first-order valence-electron chi connectivity index (χ1n) is 6.24. The number of halogens is 3. The molecule has 0 aliphatic rings. The third kappa shape index (κ3) is 2.73. The summed E-state index contributed by atoms with van der Waals surface area (Å²) in [5.41, 5.74) is 1.55.